The van der Waals surface area contributed by atoms with Gasteiger partial charge in [0.1, 0.15) is 0 Å². The van der Waals surface area contributed by atoms with Gasteiger partial charge in [0, 0.05) is 25.3 Å². The first-order chi connectivity index (χ1) is 10.3. The molecule has 6 heteroatoms. The number of aromatic nitrogens is 2. The molecule has 1 aromatic heterocycles. The Morgan fingerprint density at radius 3 is 2.50 bits per heavy atom. The Balaban J connectivity index is 0.00000176. The summed E-state index contributed by atoms with van der Waals surface area (Å²) in [7, 11) is 1.98. The van der Waals surface area contributed by atoms with Crippen molar-refractivity contribution in [3.63, 3.8) is 0 Å². The van der Waals surface area contributed by atoms with Crippen LogP contribution in [0, 0.1) is 0 Å². The zero-order valence-electron chi connectivity index (χ0n) is 12.6. The van der Waals surface area contributed by atoms with Crippen molar-refractivity contribution in [2.24, 2.45) is 0 Å². The smallest absolute Gasteiger partial charge is 0.274 e. The second-order valence-corrected chi connectivity index (χ2v) is 5.34. The number of likely N-dealkylation sites (tertiary alicyclic amines) is 1. The molecule has 2 aromatic rings. The van der Waals surface area contributed by atoms with Crippen LogP contribution < -0.4 is 5.32 Å². The maximum atomic E-state index is 12.5. The molecule has 0 unspecified atom stereocenters. The van der Waals surface area contributed by atoms with Crippen molar-refractivity contribution in [3.05, 3.63) is 48.3 Å². The average molecular weight is 321 g/mol. The minimum Gasteiger partial charge on any atom is -0.337 e. The van der Waals surface area contributed by atoms with Crippen molar-refractivity contribution < 1.29 is 4.79 Å². The van der Waals surface area contributed by atoms with Crippen LogP contribution in [0.5, 0.6) is 0 Å². The Morgan fingerprint density at radius 1 is 1.18 bits per heavy atom. The normalized spacial score (nSPS) is 15.4. The summed E-state index contributed by atoms with van der Waals surface area (Å²) in [5, 5.41) is 7.68. The molecule has 0 atom stereocenters. The molecule has 22 heavy (non-hydrogen) atoms. The van der Waals surface area contributed by atoms with Crippen LogP contribution in [-0.2, 0) is 0 Å². The molecule has 0 radical (unpaired) electrons. The van der Waals surface area contributed by atoms with Gasteiger partial charge in [-0.15, -0.1) is 12.4 Å². The molecule has 1 saturated heterocycles. The summed E-state index contributed by atoms with van der Waals surface area (Å²) >= 11 is 0. The van der Waals surface area contributed by atoms with E-state index in [2.05, 4.69) is 10.4 Å². The van der Waals surface area contributed by atoms with Crippen molar-refractivity contribution in [2.45, 2.75) is 18.9 Å². The predicted molar refractivity (Wildman–Crippen MR) is 88.8 cm³/mol. The highest BCUT2D eigenvalue weighted by atomic mass is 35.5. The van der Waals surface area contributed by atoms with Gasteiger partial charge in [-0.1, -0.05) is 18.2 Å². The number of benzene rings is 1. The third-order valence-corrected chi connectivity index (χ3v) is 4.02. The molecule has 1 aromatic carbocycles. The van der Waals surface area contributed by atoms with E-state index in [1.165, 1.54) is 0 Å². The lowest BCUT2D eigenvalue weighted by molar-refractivity contribution is 0.0701. The molecule has 2 heterocycles. The summed E-state index contributed by atoms with van der Waals surface area (Å²) in [6, 6.07) is 12.1. The molecule has 0 spiro atoms. The number of carbonyl (C=O) groups is 1. The average Bonchev–Trinajstić information content (AvgIpc) is 3.05. The number of amides is 1. The first kappa shape index (κ1) is 16.5. The third-order valence-electron chi connectivity index (χ3n) is 4.02. The number of hydrogen-bond acceptors (Lipinski definition) is 3. The van der Waals surface area contributed by atoms with E-state index in [0.717, 1.165) is 31.6 Å². The number of nitrogens with one attached hydrogen (secondary N) is 1. The molecule has 5 nitrogen and oxygen atoms in total. The van der Waals surface area contributed by atoms with E-state index < -0.39 is 0 Å². The Hall–Kier alpha value is -1.85. The fraction of sp³-hybridized carbons (Fsp3) is 0.375. The van der Waals surface area contributed by atoms with Gasteiger partial charge in [0.15, 0.2) is 5.69 Å². The number of rotatable bonds is 3. The summed E-state index contributed by atoms with van der Waals surface area (Å²) in [6.07, 6.45) is 3.84. The van der Waals surface area contributed by atoms with E-state index in [1.807, 2.05) is 48.5 Å². The molecule has 1 amide bonds. The Kier molecular flexibility index (Phi) is 5.57. The molecule has 1 fully saturated rings. The number of carbonyl (C=O) groups excluding carboxylic acids is 1. The van der Waals surface area contributed by atoms with Gasteiger partial charge in [-0.2, -0.15) is 5.10 Å². The molecule has 1 aliphatic rings. The second-order valence-electron chi connectivity index (χ2n) is 5.34. The molecule has 0 aliphatic carbocycles. The highest BCUT2D eigenvalue weighted by Gasteiger charge is 2.24. The molecule has 0 bridgehead atoms. The second kappa shape index (κ2) is 7.42. The minimum absolute atomic E-state index is 0. The maximum absolute atomic E-state index is 12.5. The zero-order chi connectivity index (χ0) is 14.7. The van der Waals surface area contributed by atoms with E-state index in [4.69, 9.17) is 0 Å². The lowest BCUT2D eigenvalue weighted by Crippen LogP contribution is -2.44. The Bertz CT molecular complexity index is 606. The number of halogens is 1. The van der Waals surface area contributed by atoms with Crippen LogP contribution in [0.3, 0.4) is 0 Å². The lowest BCUT2D eigenvalue weighted by Gasteiger charge is -2.31. The van der Waals surface area contributed by atoms with Crippen LogP contribution in [-0.4, -0.2) is 46.8 Å². The van der Waals surface area contributed by atoms with Gasteiger partial charge in [0.2, 0.25) is 0 Å². The molecule has 1 N–H and O–H groups in total. The van der Waals surface area contributed by atoms with E-state index in [0.29, 0.717) is 11.7 Å². The van der Waals surface area contributed by atoms with Gasteiger partial charge >= 0.3 is 0 Å². The summed E-state index contributed by atoms with van der Waals surface area (Å²) in [4.78, 5) is 14.4. The third kappa shape index (κ3) is 3.48. The van der Waals surface area contributed by atoms with Gasteiger partial charge in [-0.3, -0.25) is 4.79 Å². The van der Waals surface area contributed by atoms with E-state index >= 15 is 0 Å². The van der Waals surface area contributed by atoms with Crippen LogP contribution in [0.2, 0.25) is 0 Å². The quantitative estimate of drug-likeness (QED) is 0.942. The van der Waals surface area contributed by atoms with Crippen LogP contribution >= 0.6 is 12.4 Å². The first-order valence-corrected chi connectivity index (χ1v) is 7.35. The zero-order valence-corrected chi connectivity index (χ0v) is 13.4. The number of nitrogens with zero attached hydrogens (tertiary/aromatic N) is 3. The lowest BCUT2D eigenvalue weighted by atomic mass is 10.1. The van der Waals surface area contributed by atoms with E-state index in [9.17, 15) is 4.79 Å². The standard InChI is InChI=1S/C16H20N4O.ClH/c1-17-13-7-10-19(11-8-13)16(21)15-9-12-20(18-15)14-5-3-2-4-6-14;/h2-6,9,12-13,17H,7-8,10-11H2,1H3;1H. The van der Waals surface area contributed by atoms with E-state index in [1.54, 1.807) is 10.7 Å². The van der Waals surface area contributed by atoms with Crippen molar-refractivity contribution in [3.8, 4) is 5.69 Å². The molecular weight excluding hydrogens is 300 g/mol. The summed E-state index contributed by atoms with van der Waals surface area (Å²) in [5.74, 6) is 0.0271. The van der Waals surface area contributed by atoms with E-state index in [-0.39, 0.29) is 18.3 Å². The van der Waals surface area contributed by atoms with Crippen LogP contribution in [0.25, 0.3) is 5.69 Å². The molecule has 3 rings (SSSR count). The number of piperidine rings is 1. The highest BCUT2D eigenvalue weighted by molar-refractivity contribution is 5.92. The van der Waals surface area contributed by atoms with Gasteiger partial charge in [-0.05, 0) is 38.1 Å². The fourth-order valence-electron chi connectivity index (χ4n) is 2.70. The monoisotopic (exact) mass is 320 g/mol. The Labute approximate surface area is 136 Å². The number of hydrogen-bond donors (Lipinski definition) is 1. The van der Waals surface area contributed by atoms with Crippen molar-refractivity contribution in [1.82, 2.24) is 20.0 Å². The van der Waals surface area contributed by atoms with Gasteiger partial charge in [0.25, 0.3) is 5.91 Å². The minimum atomic E-state index is 0. The van der Waals surface area contributed by atoms with Crippen LogP contribution in [0.1, 0.15) is 23.3 Å². The SMILES string of the molecule is CNC1CCN(C(=O)c2ccn(-c3ccccc3)n2)CC1.Cl. The molecule has 118 valence electrons. The summed E-state index contributed by atoms with van der Waals surface area (Å²) in [6.45, 7) is 1.59. The first-order valence-electron chi connectivity index (χ1n) is 7.35. The van der Waals surface area contributed by atoms with Gasteiger partial charge in [-0.25, -0.2) is 4.68 Å². The van der Waals surface area contributed by atoms with Gasteiger partial charge in [0.05, 0.1) is 5.69 Å². The van der Waals surface area contributed by atoms with Gasteiger partial charge < -0.3 is 10.2 Å². The predicted octanol–water partition coefficient (Wildman–Crippen LogP) is 2.12. The molecule has 0 saturated carbocycles. The maximum Gasteiger partial charge on any atom is 0.274 e. The molecule has 1 aliphatic heterocycles. The van der Waals surface area contributed by atoms with Crippen molar-refractivity contribution >= 4 is 18.3 Å². The van der Waals surface area contributed by atoms with Crippen molar-refractivity contribution in [2.75, 3.05) is 20.1 Å². The molecular formula is C16H21ClN4O. The topological polar surface area (TPSA) is 50.2 Å². The summed E-state index contributed by atoms with van der Waals surface area (Å²) in [5.41, 5.74) is 1.48. The highest BCUT2D eigenvalue weighted by Crippen LogP contribution is 2.14. The van der Waals surface area contributed by atoms with Crippen LogP contribution in [0.15, 0.2) is 42.6 Å². The summed E-state index contributed by atoms with van der Waals surface area (Å²) < 4.78 is 1.74. The number of para-hydroxylation sites is 1. The van der Waals surface area contributed by atoms with Crippen LogP contribution in [0.4, 0.5) is 0 Å². The Morgan fingerprint density at radius 2 is 1.86 bits per heavy atom. The largest absolute Gasteiger partial charge is 0.337 e. The fourth-order valence-corrected chi connectivity index (χ4v) is 2.70. The van der Waals surface area contributed by atoms with Crippen molar-refractivity contribution in [1.29, 1.82) is 0 Å².